The van der Waals surface area contributed by atoms with Crippen LogP contribution in [0.5, 0.6) is 0 Å². The van der Waals surface area contributed by atoms with Crippen LogP contribution in [-0.4, -0.2) is 41.7 Å². The van der Waals surface area contributed by atoms with Crippen LogP contribution < -0.4 is 9.62 Å². The fourth-order valence-electron chi connectivity index (χ4n) is 2.94. The summed E-state index contributed by atoms with van der Waals surface area (Å²) in [6.07, 6.45) is 2.27. The number of nitrogens with zero attached hydrogens (tertiary/aromatic N) is 4. The molecule has 8 nitrogen and oxygen atoms in total. The van der Waals surface area contributed by atoms with Gasteiger partial charge in [0, 0.05) is 18.8 Å². The number of anilines is 1. The molecule has 0 radical (unpaired) electrons. The number of aromatic nitrogens is 4. The van der Waals surface area contributed by atoms with Crippen molar-refractivity contribution in [2.45, 2.75) is 45.1 Å². The Morgan fingerprint density at radius 1 is 1.21 bits per heavy atom. The lowest BCUT2D eigenvalue weighted by atomic mass is 10.3. The van der Waals surface area contributed by atoms with Gasteiger partial charge in [0.25, 0.3) is 0 Å². The van der Waals surface area contributed by atoms with Gasteiger partial charge in [0.2, 0.25) is 16.0 Å². The summed E-state index contributed by atoms with van der Waals surface area (Å²) >= 11 is 0. The molecule has 3 heterocycles. The molecule has 2 aromatic rings. The number of nitrogens with one attached hydrogen (secondary N) is 2. The Kier molecular flexibility index (Phi) is 4.55. The van der Waals surface area contributed by atoms with Crippen molar-refractivity contribution in [3.05, 3.63) is 28.8 Å². The molecule has 0 atom stereocenters. The smallest absolute Gasteiger partial charge is 0.244 e. The molecule has 0 bridgehead atoms. The molecule has 0 aromatic carbocycles. The molecule has 1 aliphatic heterocycles. The van der Waals surface area contributed by atoms with Gasteiger partial charge in [-0.2, -0.15) is 5.10 Å². The third-order valence-corrected chi connectivity index (χ3v) is 5.72. The lowest BCUT2D eigenvalue weighted by Gasteiger charge is -2.16. The molecule has 1 aliphatic rings. The second kappa shape index (κ2) is 6.48. The first-order valence-electron chi connectivity index (χ1n) is 7.97. The monoisotopic (exact) mass is 350 g/mol. The van der Waals surface area contributed by atoms with E-state index in [4.69, 9.17) is 0 Å². The lowest BCUT2D eigenvalue weighted by Crippen LogP contribution is -2.26. The first kappa shape index (κ1) is 16.8. The van der Waals surface area contributed by atoms with E-state index >= 15 is 0 Å². The molecular weight excluding hydrogens is 328 g/mol. The van der Waals surface area contributed by atoms with Crippen LogP contribution in [0.3, 0.4) is 0 Å². The highest BCUT2D eigenvalue weighted by Gasteiger charge is 2.22. The molecular formula is C15H22N6O2S. The van der Waals surface area contributed by atoms with Crippen molar-refractivity contribution in [2.24, 2.45) is 0 Å². The predicted molar refractivity (Wildman–Crippen MR) is 90.3 cm³/mol. The average Bonchev–Trinajstić information content (AvgIpc) is 3.15. The zero-order chi connectivity index (χ0) is 17.3. The van der Waals surface area contributed by atoms with Crippen LogP contribution in [0.25, 0.3) is 0 Å². The summed E-state index contributed by atoms with van der Waals surface area (Å²) in [4.78, 5) is 11.3. The van der Waals surface area contributed by atoms with E-state index in [1.807, 2.05) is 6.92 Å². The highest BCUT2D eigenvalue weighted by atomic mass is 32.2. The van der Waals surface area contributed by atoms with E-state index in [0.717, 1.165) is 31.6 Å². The Morgan fingerprint density at radius 3 is 2.54 bits per heavy atom. The van der Waals surface area contributed by atoms with Gasteiger partial charge in [-0.1, -0.05) is 0 Å². The van der Waals surface area contributed by atoms with Gasteiger partial charge in [-0.15, -0.1) is 0 Å². The van der Waals surface area contributed by atoms with Crippen molar-refractivity contribution >= 4 is 16.0 Å². The minimum Gasteiger partial charge on any atom is -0.341 e. The van der Waals surface area contributed by atoms with Gasteiger partial charge in [0.05, 0.1) is 23.6 Å². The Hall–Kier alpha value is -2.00. The first-order valence-corrected chi connectivity index (χ1v) is 9.46. The SMILES string of the molecule is Cc1cc(CNS(=O)(=O)c2c(C)n[nH]c2C)nc(N2CCCC2)n1. The fraction of sp³-hybridized carbons (Fsp3) is 0.533. The largest absolute Gasteiger partial charge is 0.341 e. The summed E-state index contributed by atoms with van der Waals surface area (Å²) in [5.41, 5.74) is 2.47. The van der Waals surface area contributed by atoms with Crippen LogP contribution in [0.1, 0.15) is 35.6 Å². The van der Waals surface area contributed by atoms with Gasteiger partial charge in [-0.05, 0) is 39.7 Å². The van der Waals surface area contributed by atoms with Gasteiger partial charge >= 0.3 is 0 Å². The second-order valence-corrected chi connectivity index (χ2v) is 7.79. The van der Waals surface area contributed by atoms with E-state index in [2.05, 4.69) is 29.8 Å². The van der Waals surface area contributed by atoms with Crippen LogP contribution in [0.2, 0.25) is 0 Å². The molecule has 130 valence electrons. The molecule has 2 N–H and O–H groups in total. The van der Waals surface area contributed by atoms with Crippen LogP contribution >= 0.6 is 0 Å². The number of aryl methyl sites for hydroxylation is 3. The normalized spacial score (nSPS) is 15.2. The molecule has 0 unspecified atom stereocenters. The van der Waals surface area contributed by atoms with E-state index in [9.17, 15) is 8.42 Å². The minimum absolute atomic E-state index is 0.122. The van der Waals surface area contributed by atoms with Gasteiger partial charge in [-0.25, -0.2) is 23.1 Å². The molecule has 3 rings (SSSR count). The molecule has 0 saturated carbocycles. The summed E-state index contributed by atoms with van der Waals surface area (Å²) in [5.74, 6) is 0.678. The highest BCUT2D eigenvalue weighted by Crippen LogP contribution is 2.18. The molecule has 0 aliphatic carbocycles. The molecule has 0 spiro atoms. The van der Waals surface area contributed by atoms with Gasteiger partial charge in [-0.3, -0.25) is 5.10 Å². The van der Waals surface area contributed by atoms with E-state index in [1.54, 1.807) is 19.9 Å². The van der Waals surface area contributed by atoms with Crippen molar-refractivity contribution in [1.29, 1.82) is 0 Å². The van der Waals surface area contributed by atoms with Crippen LogP contribution in [0.15, 0.2) is 11.0 Å². The summed E-state index contributed by atoms with van der Waals surface area (Å²) in [6.45, 7) is 7.26. The summed E-state index contributed by atoms with van der Waals surface area (Å²) in [5, 5.41) is 6.64. The van der Waals surface area contributed by atoms with Crippen molar-refractivity contribution in [1.82, 2.24) is 24.9 Å². The maximum Gasteiger partial charge on any atom is 0.244 e. The number of aromatic amines is 1. The Balaban J connectivity index is 1.79. The molecule has 0 amide bonds. The van der Waals surface area contributed by atoms with Crippen LogP contribution in [-0.2, 0) is 16.6 Å². The van der Waals surface area contributed by atoms with Crippen molar-refractivity contribution < 1.29 is 8.42 Å². The number of H-pyrrole nitrogens is 1. The molecule has 2 aromatic heterocycles. The molecule has 1 saturated heterocycles. The number of rotatable bonds is 5. The van der Waals surface area contributed by atoms with Gasteiger partial charge in [0.15, 0.2) is 0 Å². The summed E-state index contributed by atoms with van der Waals surface area (Å²) < 4.78 is 27.6. The third kappa shape index (κ3) is 3.41. The Morgan fingerprint density at radius 2 is 1.92 bits per heavy atom. The van der Waals surface area contributed by atoms with Crippen molar-refractivity contribution in [3.63, 3.8) is 0 Å². The lowest BCUT2D eigenvalue weighted by molar-refractivity contribution is 0.579. The van der Waals surface area contributed by atoms with E-state index < -0.39 is 10.0 Å². The number of sulfonamides is 1. The fourth-order valence-corrected chi connectivity index (χ4v) is 4.31. The first-order chi connectivity index (χ1) is 11.4. The maximum absolute atomic E-state index is 12.5. The standard InChI is InChI=1S/C15H22N6O2S/c1-10-8-13(18-15(17-10)21-6-4-5-7-21)9-16-24(22,23)14-11(2)19-20-12(14)3/h8,16H,4-7,9H2,1-3H3,(H,19,20). The minimum atomic E-state index is -3.64. The van der Waals surface area contributed by atoms with E-state index in [-0.39, 0.29) is 11.4 Å². The molecule has 9 heteroatoms. The molecule has 24 heavy (non-hydrogen) atoms. The maximum atomic E-state index is 12.5. The van der Waals surface area contributed by atoms with Crippen LogP contribution in [0.4, 0.5) is 5.95 Å². The molecule has 1 fully saturated rings. The quantitative estimate of drug-likeness (QED) is 0.840. The van der Waals surface area contributed by atoms with Crippen molar-refractivity contribution in [3.8, 4) is 0 Å². The third-order valence-electron chi connectivity index (χ3n) is 4.06. The van der Waals surface area contributed by atoms with E-state index in [1.165, 1.54) is 0 Å². The van der Waals surface area contributed by atoms with Crippen molar-refractivity contribution in [2.75, 3.05) is 18.0 Å². The van der Waals surface area contributed by atoms with E-state index in [0.29, 0.717) is 23.0 Å². The zero-order valence-corrected chi connectivity index (χ0v) is 14.9. The Bertz CT molecular complexity index is 820. The summed E-state index contributed by atoms with van der Waals surface area (Å²) in [7, 11) is -3.64. The predicted octanol–water partition coefficient (Wildman–Crippen LogP) is 1.20. The number of hydrogen-bond acceptors (Lipinski definition) is 6. The zero-order valence-electron chi connectivity index (χ0n) is 14.1. The average molecular weight is 350 g/mol. The highest BCUT2D eigenvalue weighted by molar-refractivity contribution is 7.89. The summed E-state index contributed by atoms with van der Waals surface area (Å²) in [6, 6.07) is 1.80. The Labute approximate surface area is 141 Å². The number of hydrogen-bond donors (Lipinski definition) is 2. The topological polar surface area (TPSA) is 104 Å². The second-order valence-electron chi connectivity index (χ2n) is 6.08. The van der Waals surface area contributed by atoms with Gasteiger partial charge < -0.3 is 4.90 Å². The van der Waals surface area contributed by atoms with Gasteiger partial charge in [0.1, 0.15) is 4.90 Å². The van der Waals surface area contributed by atoms with Crippen LogP contribution in [0, 0.1) is 20.8 Å².